The number of benzene rings is 2. The number of nitrogens with zero attached hydrogens (tertiary/aromatic N) is 1. The van der Waals surface area contributed by atoms with Crippen LogP contribution in [0.2, 0.25) is 0 Å². The fourth-order valence-corrected chi connectivity index (χ4v) is 5.01. The second kappa shape index (κ2) is 8.46. The maximum atomic E-state index is 12.9. The summed E-state index contributed by atoms with van der Waals surface area (Å²) >= 11 is 0. The second-order valence-electron chi connectivity index (χ2n) is 9.21. The minimum atomic E-state index is -0.413. The molecule has 2 heterocycles. The summed E-state index contributed by atoms with van der Waals surface area (Å²) in [5, 5.41) is 3.08. The number of amides is 2. The number of fused-ring (bicyclic) bond motifs is 2. The molecule has 0 bridgehead atoms. The van der Waals surface area contributed by atoms with Crippen molar-refractivity contribution in [1.82, 2.24) is 10.2 Å². The van der Waals surface area contributed by atoms with Crippen LogP contribution in [0.5, 0.6) is 0 Å². The summed E-state index contributed by atoms with van der Waals surface area (Å²) in [6.45, 7) is 2.11. The number of piperidine rings is 1. The summed E-state index contributed by atoms with van der Waals surface area (Å²) in [6, 6.07) is 17.9. The Morgan fingerprint density at radius 2 is 1.71 bits per heavy atom. The Hall–Kier alpha value is -2.66. The molecule has 0 radical (unpaired) electrons. The quantitative estimate of drug-likeness (QED) is 0.806. The van der Waals surface area contributed by atoms with Crippen LogP contribution in [0.15, 0.2) is 54.6 Å². The smallest absolute Gasteiger partial charge is 0.253 e. The first kappa shape index (κ1) is 20.3. The van der Waals surface area contributed by atoms with Crippen molar-refractivity contribution in [2.45, 2.75) is 50.2 Å². The number of hydrogen-bond acceptors (Lipinski definition) is 3. The van der Waals surface area contributed by atoms with Crippen molar-refractivity contribution >= 4 is 11.8 Å². The van der Waals surface area contributed by atoms with E-state index in [2.05, 4.69) is 29.6 Å². The van der Waals surface area contributed by atoms with Crippen LogP contribution in [0.3, 0.4) is 0 Å². The van der Waals surface area contributed by atoms with Crippen molar-refractivity contribution in [1.29, 1.82) is 0 Å². The van der Waals surface area contributed by atoms with Crippen LogP contribution in [-0.4, -0.2) is 42.5 Å². The molecule has 162 valence electrons. The third kappa shape index (κ3) is 4.38. The van der Waals surface area contributed by atoms with Crippen LogP contribution in [0.4, 0.5) is 0 Å². The van der Waals surface area contributed by atoms with Crippen molar-refractivity contribution in [2.75, 3.05) is 19.6 Å². The standard InChI is InChI=1S/C26H30N2O3/c29-24(27-18-19-10-11-19)17-22-16-21-8-4-5-9-23(21)26(31-22)12-14-28(15-13-26)25(30)20-6-2-1-3-7-20/h1-9,19,22H,10-18H2,(H,27,29). The Bertz CT molecular complexity index is 946. The average Bonchev–Trinajstić information content (AvgIpc) is 3.63. The van der Waals surface area contributed by atoms with Gasteiger partial charge in [0.2, 0.25) is 5.91 Å². The van der Waals surface area contributed by atoms with Crippen molar-refractivity contribution < 1.29 is 14.3 Å². The van der Waals surface area contributed by atoms with Crippen molar-refractivity contribution in [3.05, 3.63) is 71.3 Å². The highest BCUT2D eigenvalue weighted by molar-refractivity contribution is 5.94. The van der Waals surface area contributed by atoms with Crippen molar-refractivity contribution in [3.8, 4) is 0 Å². The first-order valence-corrected chi connectivity index (χ1v) is 11.5. The highest BCUT2D eigenvalue weighted by Crippen LogP contribution is 2.44. The molecule has 1 spiro atoms. The van der Waals surface area contributed by atoms with E-state index in [0.29, 0.717) is 25.4 Å². The van der Waals surface area contributed by atoms with Gasteiger partial charge in [0.1, 0.15) is 0 Å². The summed E-state index contributed by atoms with van der Waals surface area (Å²) in [7, 11) is 0. The van der Waals surface area contributed by atoms with Crippen LogP contribution in [0.25, 0.3) is 0 Å². The number of carbonyl (C=O) groups excluding carboxylic acids is 2. The summed E-state index contributed by atoms with van der Waals surface area (Å²) in [5.74, 6) is 0.841. The fraction of sp³-hybridized carbons (Fsp3) is 0.462. The minimum absolute atomic E-state index is 0.0792. The lowest BCUT2D eigenvalue weighted by molar-refractivity contribution is -0.147. The molecule has 1 atom stereocenters. The Morgan fingerprint density at radius 3 is 2.45 bits per heavy atom. The predicted octanol–water partition coefficient (Wildman–Crippen LogP) is 3.68. The highest BCUT2D eigenvalue weighted by atomic mass is 16.5. The Morgan fingerprint density at radius 1 is 1.00 bits per heavy atom. The van der Waals surface area contributed by atoms with E-state index in [-0.39, 0.29) is 17.9 Å². The molecule has 1 aliphatic carbocycles. The lowest BCUT2D eigenvalue weighted by Crippen LogP contribution is -2.50. The maximum Gasteiger partial charge on any atom is 0.253 e. The number of rotatable bonds is 5. The van der Waals surface area contributed by atoms with E-state index in [9.17, 15) is 9.59 Å². The molecule has 5 heteroatoms. The van der Waals surface area contributed by atoms with Gasteiger partial charge in [0.05, 0.1) is 18.1 Å². The van der Waals surface area contributed by atoms with Gasteiger partial charge in [-0.25, -0.2) is 0 Å². The predicted molar refractivity (Wildman–Crippen MR) is 119 cm³/mol. The lowest BCUT2D eigenvalue weighted by atomic mass is 9.77. The van der Waals surface area contributed by atoms with Gasteiger partial charge in [0.25, 0.3) is 5.91 Å². The van der Waals surface area contributed by atoms with Gasteiger partial charge in [-0.05, 0) is 61.3 Å². The molecule has 0 aromatic heterocycles. The third-order valence-corrected chi connectivity index (χ3v) is 6.93. The number of likely N-dealkylation sites (tertiary alicyclic amines) is 1. The van der Waals surface area contributed by atoms with E-state index in [1.165, 1.54) is 24.0 Å². The van der Waals surface area contributed by atoms with Crippen LogP contribution in [0, 0.1) is 5.92 Å². The van der Waals surface area contributed by atoms with E-state index in [1.807, 2.05) is 35.2 Å². The first-order chi connectivity index (χ1) is 15.1. The molecule has 3 aliphatic rings. The number of ether oxygens (including phenoxy) is 1. The number of nitrogens with one attached hydrogen (secondary N) is 1. The monoisotopic (exact) mass is 418 g/mol. The third-order valence-electron chi connectivity index (χ3n) is 6.93. The van der Waals surface area contributed by atoms with Gasteiger partial charge in [-0.15, -0.1) is 0 Å². The van der Waals surface area contributed by atoms with Crippen LogP contribution >= 0.6 is 0 Å². The molecule has 2 fully saturated rings. The minimum Gasteiger partial charge on any atom is -0.366 e. The SMILES string of the molecule is O=C(CC1Cc2ccccc2C2(CCN(C(=O)c3ccccc3)CC2)O1)NCC1CC1. The Labute approximate surface area is 183 Å². The molecule has 1 saturated heterocycles. The molecule has 2 amide bonds. The fourth-order valence-electron chi connectivity index (χ4n) is 5.01. The van der Waals surface area contributed by atoms with Crippen molar-refractivity contribution in [3.63, 3.8) is 0 Å². The molecule has 2 aromatic carbocycles. The molecule has 1 N–H and O–H groups in total. The molecule has 1 saturated carbocycles. The largest absolute Gasteiger partial charge is 0.366 e. The van der Waals surface area contributed by atoms with Gasteiger partial charge in [-0.3, -0.25) is 9.59 Å². The summed E-state index contributed by atoms with van der Waals surface area (Å²) in [6.07, 6.45) is 5.01. The summed E-state index contributed by atoms with van der Waals surface area (Å²) < 4.78 is 6.67. The van der Waals surface area contributed by atoms with E-state index in [0.717, 1.165) is 31.4 Å². The second-order valence-corrected chi connectivity index (χ2v) is 9.21. The summed E-state index contributed by atoms with van der Waals surface area (Å²) in [4.78, 5) is 27.3. The Kier molecular flexibility index (Phi) is 5.53. The number of carbonyl (C=O) groups is 2. The zero-order valence-corrected chi connectivity index (χ0v) is 17.9. The van der Waals surface area contributed by atoms with Crippen LogP contribution in [-0.2, 0) is 21.6 Å². The zero-order chi connectivity index (χ0) is 21.3. The molecule has 2 aliphatic heterocycles. The van der Waals surface area contributed by atoms with Gasteiger partial charge in [-0.2, -0.15) is 0 Å². The molecular weight excluding hydrogens is 388 g/mol. The molecule has 2 aromatic rings. The normalized spacial score (nSPS) is 22.1. The topological polar surface area (TPSA) is 58.6 Å². The van der Waals surface area contributed by atoms with E-state index < -0.39 is 5.60 Å². The molecule has 1 unspecified atom stereocenters. The summed E-state index contributed by atoms with van der Waals surface area (Å²) in [5.41, 5.74) is 2.82. The Balaban J connectivity index is 1.29. The first-order valence-electron chi connectivity index (χ1n) is 11.5. The van der Waals surface area contributed by atoms with Gasteiger partial charge in [0.15, 0.2) is 0 Å². The van der Waals surface area contributed by atoms with Crippen LogP contribution < -0.4 is 5.32 Å². The van der Waals surface area contributed by atoms with Crippen molar-refractivity contribution in [2.24, 2.45) is 5.92 Å². The maximum absolute atomic E-state index is 12.9. The molecular formula is C26H30N2O3. The highest BCUT2D eigenvalue weighted by Gasteiger charge is 2.44. The van der Waals surface area contributed by atoms with E-state index >= 15 is 0 Å². The van der Waals surface area contributed by atoms with Gasteiger partial charge >= 0.3 is 0 Å². The lowest BCUT2D eigenvalue weighted by Gasteiger charge is -2.47. The van der Waals surface area contributed by atoms with Gasteiger partial charge < -0.3 is 15.0 Å². The molecule has 5 rings (SSSR count). The molecule has 5 nitrogen and oxygen atoms in total. The zero-order valence-electron chi connectivity index (χ0n) is 17.9. The van der Waals surface area contributed by atoms with Gasteiger partial charge in [0, 0.05) is 25.2 Å². The molecule has 31 heavy (non-hydrogen) atoms. The number of hydrogen-bond donors (Lipinski definition) is 1. The van der Waals surface area contributed by atoms with E-state index in [1.54, 1.807) is 0 Å². The van der Waals surface area contributed by atoms with Gasteiger partial charge in [-0.1, -0.05) is 42.5 Å². The van der Waals surface area contributed by atoms with Crippen LogP contribution in [0.1, 0.15) is 53.6 Å². The van der Waals surface area contributed by atoms with E-state index in [4.69, 9.17) is 4.74 Å². The average molecular weight is 419 g/mol.